The Morgan fingerprint density at radius 2 is 0.556 bits per heavy atom. The van der Waals surface area contributed by atoms with Crippen LogP contribution in [0.1, 0.15) is 0 Å². The van der Waals surface area contributed by atoms with Crippen molar-refractivity contribution in [1.82, 2.24) is 0 Å². The molecule has 0 fully saturated rings. The Labute approximate surface area is 157 Å². The van der Waals surface area contributed by atoms with Gasteiger partial charge in [-0.1, -0.05) is 0 Å². The molecule has 0 saturated heterocycles. The van der Waals surface area contributed by atoms with Crippen molar-refractivity contribution in [2.45, 2.75) is 29.4 Å². The van der Waals surface area contributed by atoms with Crippen molar-refractivity contribution in [2.75, 3.05) is 0 Å². The molecule has 156 valence electrons. The lowest BCUT2D eigenvalue weighted by atomic mass is 10.3. The number of rotatable bonds is 5. The fourth-order valence-electron chi connectivity index (χ4n) is 1.81. The van der Waals surface area contributed by atoms with E-state index in [0.717, 1.165) is 0 Å². The third-order valence-corrected chi connectivity index (χ3v) is 8.43. The highest BCUT2D eigenvalue weighted by Crippen LogP contribution is 2.43. The summed E-state index contributed by atoms with van der Waals surface area (Å²) in [4.78, 5) is -14.4. The minimum Gasteiger partial charge on any atom is -0.282 e. The van der Waals surface area contributed by atoms with Gasteiger partial charge in [0.15, 0.2) is 0 Å². The second-order valence-corrected chi connectivity index (χ2v) is 11.6. The fraction of sp³-hybridized carbons (Fsp3) is 0. The van der Waals surface area contributed by atoms with Gasteiger partial charge in [0.1, 0.15) is 24.5 Å². The summed E-state index contributed by atoms with van der Waals surface area (Å²) >= 11 is 3.14. The fourth-order valence-corrected chi connectivity index (χ4v) is 9.05. The van der Waals surface area contributed by atoms with Crippen LogP contribution in [-0.2, 0) is 50.6 Å². The average Bonchev–Trinajstić information content (AvgIpc) is 2.29. The van der Waals surface area contributed by atoms with Crippen LogP contribution >= 0.6 is 12.6 Å². The molecule has 0 spiro atoms. The van der Waals surface area contributed by atoms with Gasteiger partial charge in [0, 0.05) is 4.90 Å². The van der Waals surface area contributed by atoms with E-state index >= 15 is 0 Å². The Balaban J connectivity index is 5.01. The van der Waals surface area contributed by atoms with Gasteiger partial charge in [-0.15, -0.1) is 12.6 Å². The largest absolute Gasteiger partial charge is 0.297 e. The third kappa shape index (κ3) is 4.76. The second-order valence-electron chi connectivity index (χ2n) is 4.37. The summed E-state index contributed by atoms with van der Waals surface area (Å²) in [6, 6.07) is 0. The molecular weight excluding hydrogens is 504 g/mol. The summed E-state index contributed by atoms with van der Waals surface area (Å²) in [5.41, 5.74) is 0. The molecule has 0 bridgehead atoms. The van der Waals surface area contributed by atoms with Crippen LogP contribution in [0, 0.1) is 0 Å². The molecule has 0 saturated carbocycles. The summed E-state index contributed by atoms with van der Waals surface area (Å²) in [5.74, 6) is 0. The number of thiol groups is 1. The molecular formula is C6H6O15S6. The van der Waals surface area contributed by atoms with Crippen LogP contribution in [-0.4, -0.2) is 64.9 Å². The standard InChI is InChI=1S/C6H6O15S6/c7-23(8,9)2-1(22)3(24(10,11)12)5(26(16,17)18)6(27(19,20)21)4(2)25(13,14)15/h22H,(H,7,8,9)(H,10,11,12)(H,13,14,15)(H,16,17,18)(H,19,20,21). The van der Waals surface area contributed by atoms with Crippen LogP contribution in [0.3, 0.4) is 0 Å². The SMILES string of the molecule is O=S(=O)(O)c1c(S)c(S(=O)(=O)O)c(S(=O)(=O)O)c(S(=O)(=O)O)c1S(=O)(=O)O. The molecule has 0 radical (unpaired) electrons. The zero-order valence-electron chi connectivity index (χ0n) is 11.8. The van der Waals surface area contributed by atoms with Crippen molar-refractivity contribution in [3.63, 3.8) is 0 Å². The van der Waals surface area contributed by atoms with Gasteiger partial charge in [-0.3, -0.25) is 22.8 Å². The van der Waals surface area contributed by atoms with E-state index in [1.54, 1.807) is 0 Å². The third-order valence-electron chi connectivity index (χ3n) is 2.54. The van der Waals surface area contributed by atoms with Gasteiger partial charge in [-0.2, -0.15) is 42.1 Å². The van der Waals surface area contributed by atoms with Crippen molar-refractivity contribution < 1.29 is 64.9 Å². The van der Waals surface area contributed by atoms with E-state index < -0.39 is 80.0 Å². The van der Waals surface area contributed by atoms with Gasteiger partial charge < -0.3 is 0 Å². The van der Waals surface area contributed by atoms with E-state index in [0.29, 0.717) is 0 Å². The maximum atomic E-state index is 11.5. The minimum atomic E-state index is -6.28. The van der Waals surface area contributed by atoms with Crippen LogP contribution in [0.5, 0.6) is 0 Å². The van der Waals surface area contributed by atoms with Crippen molar-refractivity contribution in [3.8, 4) is 0 Å². The summed E-state index contributed by atoms with van der Waals surface area (Å²) < 4.78 is 160. The lowest BCUT2D eigenvalue weighted by Gasteiger charge is -2.17. The van der Waals surface area contributed by atoms with Gasteiger partial charge in [-0.25, -0.2) is 0 Å². The predicted octanol–water partition coefficient (Wildman–Crippen LogP) is -1.79. The molecule has 5 N–H and O–H groups in total. The summed E-state index contributed by atoms with van der Waals surface area (Å²) in [5, 5.41) is 0. The molecule has 0 heterocycles. The van der Waals surface area contributed by atoms with E-state index in [2.05, 4.69) is 12.6 Å². The van der Waals surface area contributed by atoms with Crippen LogP contribution in [0.25, 0.3) is 0 Å². The van der Waals surface area contributed by atoms with Gasteiger partial charge >= 0.3 is 0 Å². The summed E-state index contributed by atoms with van der Waals surface area (Å²) in [6.07, 6.45) is 0. The molecule has 21 heteroatoms. The first-order valence-corrected chi connectivity index (χ1v) is 13.0. The van der Waals surface area contributed by atoms with Gasteiger partial charge in [0.2, 0.25) is 0 Å². The molecule has 0 amide bonds. The molecule has 0 aliphatic carbocycles. The van der Waals surface area contributed by atoms with E-state index in [1.807, 2.05) is 0 Å². The molecule has 0 atom stereocenters. The topological polar surface area (TPSA) is 272 Å². The lowest BCUT2D eigenvalue weighted by molar-refractivity contribution is 0.433. The first-order valence-electron chi connectivity index (χ1n) is 5.32. The Kier molecular flexibility index (Phi) is 5.89. The van der Waals surface area contributed by atoms with Gasteiger partial charge in [0.05, 0.1) is 0 Å². The molecule has 27 heavy (non-hydrogen) atoms. The molecule has 15 nitrogen and oxygen atoms in total. The predicted molar refractivity (Wildman–Crippen MR) is 82.8 cm³/mol. The van der Waals surface area contributed by atoms with E-state index in [4.69, 9.17) is 22.8 Å². The molecule has 0 aliphatic rings. The molecule has 0 aromatic heterocycles. The van der Waals surface area contributed by atoms with E-state index in [9.17, 15) is 42.1 Å². The zero-order valence-corrected chi connectivity index (χ0v) is 16.8. The van der Waals surface area contributed by atoms with Crippen molar-refractivity contribution in [2.24, 2.45) is 0 Å². The van der Waals surface area contributed by atoms with E-state index in [1.165, 1.54) is 0 Å². The van der Waals surface area contributed by atoms with Gasteiger partial charge in [0.25, 0.3) is 50.6 Å². The Bertz CT molecular complexity index is 1270. The first kappa shape index (κ1) is 24.2. The monoisotopic (exact) mass is 510 g/mol. The normalized spacial score (nSPS) is 14.3. The van der Waals surface area contributed by atoms with E-state index in [-0.39, 0.29) is 0 Å². The number of hydrogen-bond donors (Lipinski definition) is 6. The number of hydrogen-bond acceptors (Lipinski definition) is 11. The first-order chi connectivity index (χ1) is 11.5. The van der Waals surface area contributed by atoms with Crippen LogP contribution in [0.15, 0.2) is 29.4 Å². The molecule has 0 aliphatic heterocycles. The summed E-state index contributed by atoms with van der Waals surface area (Å²) in [6.45, 7) is 0. The highest BCUT2D eigenvalue weighted by molar-refractivity contribution is 7.93. The maximum Gasteiger partial charge on any atom is 0.297 e. The van der Waals surface area contributed by atoms with Crippen LogP contribution in [0.2, 0.25) is 0 Å². The molecule has 0 unspecified atom stereocenters. The van der Waals surface area contributed by atoms with Crippen molar-refractivity contribution >= 4 is 63.2 Å². The Hall–Kier alpha value is -0.880. The highest BCUT2D eigenvalue weighted by Gasteiger charge is 2.45. The minimum absolute atomic E-state index is 1.92. The van der Waals surface area contributed by atoms with Crippen molar-refractivity contribution in [3.05, 3.63) is 0 Å². The lowest BCUT2D eigenvalue weighted by Crippen LogP contribution is -2.23. The van der Waals surface area contributed by atoms with Crippen LogP contribution < -0.4 is 0 Å². The smallest absolute Gasteiger partial charge is 0.282 e. The van der Waals surface area contributed by atoms with Gasteiger partial charge in [-0.05, 0) is 0 Å². The average molecular weight is 511 g/mol. The Morgan fingerprint density at radius 1 is 0.407 bits per heavy atom. The molecule has 1 aromatic carbocycles. The summed E-state index contributed by atoms with van der Waals surface area (Å²) in [7, 11) is -30.7. The molecule has 1 rings (SSSR count). The Morgan fingerprint density at radius 3 is 0.704 bits per heavy atom. The molecule has 1 aromatic rings. The van der Waals surface area contributed by atoms with Crippen molar-refractivity contribution in [1.29, 1.82) is 0 Å². The second kappa shape index (κ2) is 6.58. The highest BCUT2D eigenvalue weighted by atomic mass is 32.2. The van der Waals surface area contributed by atoms with Crippen LogP contribution in [0.4, 0.5) is 0 Å². The number of benzene rings is 1. The maximum absolute atomic E-state index is 11.5. The quantitative estimate of drug-likeness (QED) is 0.188. The zero-order chi connectivity index (χ0) is 22.0.